The number of nitrogens with one attached hydrogen (secondary N) is 2. The number of nitrogens with zero attached hydrogens (tertiary/aromatic N) is 6. The Morgan fingerprint density at radius 3 is 2.30 bits per heavy atom. The van der Waals surface area contributed by atoms with Crippen LogP contribution in [0.3, 0.4) is 0 Å². The molecule has 1 fully saturated rings. The highest BCUT2D eigenvalue weighted by molar-refractivity contribution is 5.99. The van der Waals surface area contributed by atoms with Crippen molar-refractivity contribution in [3.63, 3.8) is 0 Å². The summed E-state index contributed by atoms with van der Waals surface area (Å²) >= 11 is 0. The Bertz CT molecular complexity index is 1680. The zero-order valence-corrected chi connectivity index (χ0v) is 21.2. The van der Waals surface area contributed by atoms with Gasteiger partial charge in [0.1, 0.15) is 0 Å². The van der Waals surface area contributed by atoms with Crippen LogP contribution < -0.4 is 15.5 Å². The van der Waals surface area contributed by atoms with Gasteiger partial charge >= 0.3 is 12.0 Å². The van der Waals surface area contributed by atoms with Crippen molar-refractivity contribution >= 4 is 40.4 Å². The van der Waals surface area contributed by atoms with Crippen LogP contribution >= 0.6 is 0 Å². The molecule has 0 bridgehead atoms. The summed E-state index contributed by atoms with van der Waals surface area (Å²) in [6.45, 7) is 2.38. The van der Waals surface area contributed by atoms with E-state index in [4.69, 9.17) is 14.7 Å². The number of amides is 2. The number of hydrogen-bond donors (Lipinski definition) is 3. The number of carboxylic acids is 1. The van der Waals surface area contributed by atoms with Gasteiger partial charge in [0.15, 0.2) is 22.8 Å². The largest absolute Gasteiger partial charge is 0.478 e. The summed E-state index contributed by atoms with van der Waals surface area (Å²) in [5.41, 5.74) is 3.60. The lowest BCUT2D eigenvalue weighted by atomic mass is 10.2. The molecule has 3 N–H and O–H groups in total. The molecule has 0 radical (unpaired) electrons. The quantitative estimate of drug-likeness (QED) is 0.292. The zero-order chi connectivity index (χ0) is 27.5. The van der Waals surface area contributed by atoms with Gasteiger partial charge in [-0.05, 0) is 54.6 Å². The summed E-state index contributed by atoms with van der Waals surface area (Å²) in [5, 5.41) is 23.7. The predicted molar refractivity (Wildman–Crippen MR) is 149 cm³/mol. The normalized spacial score (nSPS) is 13.2. The topological polar surface area (TPSA) is 147 Å². The molecule has 12 nitrogen and oxygen atoms in total. The summed E-state index contributed by atoms with van der Waals surface area (Å²) in [5.74, 6) is 0.0161. The molecule has 0 aliphatic carbocycles. The molecule has 200 valence electrons. The minimum atomic E-state index is -1.04. The minimum Gasteiger partial charge on any atom is -0.478 e. The maximum atomic E-state index is 12.4. The molecular formula is C28H24N8O4. The van der Waals surface area contributed by atoms with Crippen LogP contribution in [0.5, 0.6) is 0 Å². The number of anilines is 3. The molecule has 0 saturated carbocycles. The third kappa shape index (κ3) is 5.15. The monoisotopic (exact) mass is 536 g/mol. The van der Waals surface area contributed by atoms with Gasteiger partial charge in [0, 0.05) is 30.0 Å². The van der Waals surface area contributed by atoms with Gasteiger partial charge in [-0.15, -0.1) is 5.10 Å². The maximum Gasteiger partial charge on any atom is 0.335 e. The fourth-order valence-electron chi connectivity index (χ4n) is 4.39. The van der Waals surface area contributed by atoms with Crippen molar-refractivity contribution in [1.82, 2.24) is 25.0 Å². The molecule has 2 amide bonds. The van der Waals surface area contributed by atoms with Gasteiger partial charge < -0.3 is 25.4 Å². The SMILES string of the molecule is O=C(Nc1ccccc1)Nc1ccc(-c2nc(N3CCOCC3)c3nnn(-c4cccc(C(=O)O)c4)c3n2)cc1. The van der Waals surface area contributed by atoms with E-state index in [-0.39, 0.29) is 11.6 Å². The van der Waals surface area contributed by atoms with Crippen LogP contribution in [0.1, 0.15) is 10.4 Å². The Kier molecular flexibility index (Phi) is 6.73. The average molecular weight is 537 g/mol. The Balaban J connectivity index is 1.35. The van der Waals surface area contributed by atoms with Crippen LogP contribution in [0.15, 0.2) is 78.9 Å². The van der Waals surface area contributed by atoms with E-state index in [1.807, 2.05) is 30.3 Å². The number of urea groups is 1. The van der Waals surface area contributed by atoms with Crippen molar-refractivity contribution in [3.8, 4) is 17.1 Å². The second kappa shape index (κ2) is 10.8. The van der Waals surface area contributed by atoms with E-state index in [9.17, 15) is 14.7 Å². The van der Waals surface area contributed by atoms with Crippen LogP contribution in [0, 0.1) is 0 Å². The van der Waals surface area contributed by atoms with E-state index >= 15 is 0 Å². The highest BCUT2D eigenvalue weighted by atomic mass is 16.5. The number of morpholine rings is 1. The van der Waals surface area contributed by atoms with Crippen LogP contribution in [-0.2, 0) is 4.74 Å². The second-order valence-electron chi connectivity index (χ2n) is 9.02. The van der Waals surface area contributed by atoms with E-state index in [2.05, 4.69) is 25.8 Å². The molecule has 1 aliphatic rings. The van der Waals surface area contributed by atoms with Crippen molar-refractivity contribution in [2.45, 2.75) is 0 Å². The summed E-state index contributed by atoms with van der Waals surface area (Å²) < 4.78 is 7.03. The number of ether oxygens (including phenoxy) is 1. The van der Waals surface area contributed by atoms with Crippen molar-refractivity contribution in [3.05, 3.63) is 84.4 Å². The number of aromatic carboxylic acids is 1. The molecule has 12 heteroatoms. The minimum absolute atomic E-state index is 0.128. The molecule has 6 rings (SSSR count). The number of para-hydroxylation sites is 1. The number of hydrogen-bond acceptors (Lipinski definition) is 8. The zero-order valence-electron chi connectivity index (χ0n) is 21.2. The standard InChI is InChI=1S/C28H24N8O4/c37-27(38)19-5-4-8-22(17-19)36-26-23(33-34-36)25(35-13-15-40-16-14-35)31-24(32-26)18-9-11-21(12-10-18)30-28(39)29-20-6-2-1-3-7-20/h1-12,17H,13-16H2,(H,37,38)(H2,29,30,39). The van der Waals surface area contributed by atoms with Gasteiger partial charge in [-0.3, -0.25) is 0 Å². The van der Waals surface area contributed by atoms with Crippen LogP contribution in [0.4, 0.5) is 22.0 Å². The molecule has 3 aromatic carbocycles. The van der Waals surface area contributed by atoms with Gasteiger partial charge in [-0.1, -0.05) is 29.5 Å². The van der Waals surface area contributed by atoms with E-state index in [0.717, 1.165) is 5.56 Å². The van der Waals surface area contributed by atoms with Crippen molar-refractivity contribution in [1.29, 1.82) is 0 Å². The van der Waals surface area contributed by atoms with E-state index < -0.39 is 5.97 Å². The fraction of sp³-hybridized carbons (Fsp3) is 0.143. The predicted octanol–water partition coefficient (Wildman–Crippen LogP) is 4.06. The molecular weight excluding hydrogens is 512 g/mol. The third-order valence-corrected chi connectivity index (χ3v) is 6.36. The lowest BCUT2D eigenvalue weighted by Gasteiger charge is -2.28. The lowest BCUT2D eigenvalue weighted by Crippen LogP contribution is -2.37. The number of rotatable bonds is 6. The van der Waals surface area contributed by atoms with Crippen molar-refractivity contribution < 1.29 is 19.4 Å². The first-order valence-electron chi connectivity index (χ1n) is 12.6. The van der Waals surface area contributed by atoms with Gasteiger partial charge in [0.2, 0.25) is 0 Å². The molecule has 3 heterocycles. The maximum absolute atomic E-state index is 12.4. The highest BCUT2D eigenvalue weighted by Crippen LogP contribution is 2.29. The van der Waals surface area contributed by atoms with Crippen LogP contribution in [-0.4, -0.2) is 68.4 Å². The second-order valence-corrected chi connectivity index (χ2v) is 9.02. The molecule has 2 aromatic heterocycles. The molecule has 1 saturated heterocycles. The number of carboxylic acid groups (broad SMARTS) is 1. The van der Waals surface area contributed by atoms with Crippen LogP contribution in [0.25, 0.3) is 28.2 Å². The highest BCUT2D eigenvalue weighted by Gasteiger charge is 2.23. The molecule has 5 aromatic rings. The number of fused-ring (bicyclic) bond motifs is 1. The molecule has 1 aliphatic heterocycles. The van der Waals surface area contributed by atoms with E-state index in [1.165, 1.54) is 16.8 Å². The number of aromatic nitrogens is 5. The first-order chi connectivity index (χ1) is 19.5. The Hall–Kier alpha value is -5.36. The third-order valence-electron chi connectivity index (χ3n) is 6.36. The smallest absolute Gasteiger partial charge is 0.335 e. The van der Waals surface area contributed by atoms with E-state index in [1.54, 1.807) is 36.4 Å². The Morgan fingerprint density at radius 2 is 1.57 bits per heavy atom. The van der Waals surface area contributed by atoms with Crippen molar-refractivity contribution in [2.75, 3.05) is 41.8 Å². The summed E-state index contributed by atoms with van der Waals surface area (Å²) in [7, 11) is 0. The van der Waals surface area contributed by atoms with Gasteiger partial charge in [0.05, 0.1) is 24.5 Å². The average Bonchev–Trinajstić information content (AvgIpc) is 3.42. The molecule has 0 unspecified atom stereocenters. The summed E-state index contributed by atoms with van der Waals surface area (Å²) in [4.78, 5) is 35.6. The molecule has 0 spiro atoms. The summed E-state index contributed by atoms with van der Waals surface area (Å²) in [6, 6.07) is 22.4. The van der Waals surface area contributed by atoms with Crippen molar-refractivity contribution in [2.24, 2.45) is 0 Å². The van der Waals surface area contributed by atoms with E-state index in [0.29, 0.717) is 66.2 Å². The number of benzene rings is 3. The van der Waals surface area contributed by atoms with Gasteiger partial charge in [-0.2, -0.15) is 4.68 Å². The number of carbonyl (C=O) groups is 2. The molecule has 40 heavy (non-hydrogen) atoms. The number of carbonyl (C=O) groups excluding carboxylic acids is 1. The van der Waals surface area contributed by atoms with Gasteiger partial charge in [0.25, 0.3) is 0 Å². The Morgan fingerprint density at radius 1 is 0.850 bits per heavy atom. The molecule has 0 atom stereocenters. The van der Waals surface area contributed by atoms with Gasteiger partial charge in [-0.25, -0.2) is 19.6 Å². The summed E-state index contributed by atoms with van der Waals surface area (Å²) in [6.07, 6.45) is 0. The fourth-order valence-corrected chi connectivity index (χ4v) is 4.39. The lowest BCUT2D eigenvalue weighted by molar-refractivity contribution is 0.0696. The van der Waals surface area contributed by atoms with Crippen LogP contribution in [0.2, 0.25) is 0 Å². The Labute approximate surface area is 228 Å². The first-order valence-corrected chi connectivity index (χ1v) is 12.6. The first kappa shape index (κ1) is 24.9.